The standard InChI is InChI=1S/C60H36N2S2/c1-3-13-37(14-4-1)41-31-42(38-15-5-2-6-16-38)33-44(32-41)62-52-21-11-8-18-46(52)50-35-40(24-28-54(50)62)39-23-27-53-49(34-39)45-17-7-10-20-51(45)61(53)43-25-26-48-58(36-43)64-57-30-29-56-59(60(48)57)47-19-9-12-22-55(47)63-56/h1-36H. The third-order valence-corrected chi connectivity index (χ3v) is 15.5. The number of fused-ring (bicyclic) bond motifs is 13. The van der Waals surface area contributed by atoms with Crippen molar-refractivity contribution < 1.29 is 0 Å². The van der Waals surface area contributed by atoms with Gasteiger partial charge in [-0.3, -0.25) is 0 Å². The molecule has 0 saturated heterocycles. The highest BCUT2D eigenvalue weighted by Gasteiger charge is 2.19. The van der Waals surface area contributed by atoms with Gasteiger partial charge in [-0.25, -0.2) is 0 Å². The minimum Gasteiger partial charge on any atom is -0.309 e. The summed E-state index contributed by atoms with van der Waals surface area (Å²) in [4.78, 5) is 0. The summed E-state index contributed by atoms with van der Waals surface area (Å²) in [6.45, 7) is 0. The summed E-state index contributed by atoms with van der Waals surface area (Å²) in [6.07, 6.45) is 0. The second-order valence-electron chi connectivity index (χ2n) is 16.9. The predicted octanol–water partition coefficient (Wildman–Crippen LogP) is 17.6. The van der Waals surface area contributed by atoms with Crippen molar-refractivity contribution in [2.24, 2.45) is 0 Å². The van der Waals surface area contributed by atoms with E-state index >= 15 is 0 Å². The van der Waals surface area contributed by atoms with E-state index in [4.69, 9.17) is 0 Å². The molecule has 0 aliphatic rings. The lowest BCUT2D eigenvalue weighted by Gasteiger charge is -2.14. The normalized spacial score (nSPS) is 12.1. The summed E-state index contributed by atoms with van der Waals surface area (Å²) in [5.74, 6) is 0. The maximum Gasteiger partial charge on any atom is 0.0541 e. The van der Waals surface area contributed by atoms with Gasteiger partial charge in [0.2, 0.25) is 0 Å². The molecule has 0 aliphatic heterocycles. The second-order valence-corrected chi connectivity index (χ2v) is 19.0. The van der Waals surface area contributed by atoms with E-state index in [1.807, 2.05) is 22.7 Å². The number of thiophene rings is 2. The number of hydrogen-bond acceptors (Lipinski definition) is 2. The lowest BCUT2D eigenvalue weighted by molar-refractivity contribution is 1.18. The maximum atomic E-state index is 2.46. The van der Waals surface area contributed by atoms with Gasteiger partial charge in [0.25, 0.3) is 0 Å². The molecule has 0 radical (unpaired) electrons. The van der Waals surface area contributed by atoms with E-state index < -0.39 is 0 Å². The highest BCUT2D eigenvalue weighted by molar-refractivity contribution is 7.28. The first-order valence-electron chi connectivity index (χ1n) is 21.8. The van der Waals surface area contributed by atoms with Crippen molar-refractivity contribution in [1.82, 2.24) is 9.13 Å². The molecule has 2 nitrogen and oxygen atoms in total. The molecule has 0 N–H and O–H groups in total. The summed E-state index contributed by atoms with van der Waals surface area (Å²) in [5, 5.41) is 10.4. The molecule has 0 unspecified atom stereocenters. The first-order valence-corrected chi connectivity index (χ1v) is 23.5. The van der Waals surface area contributed by atoms with Crippen LogP contribution in [0.4, 0.5) is 0 Å². The molecule has 10 aromatic carbocycles. The Hall–Kier alpha value is -7.76. The Morgan fingerprint density at radius 1 is 0.234 bits per heavy atom. The van der Waals surface area contributed by atoms with Gasteiger partial charge in [-0.1, -0.05) is 133 Å². The van der Waals surface area contributed by atoms with Gasteiger partial charge in [-0.2, -0.15) is 0 Å². The molecule has 0 spiro atoms. The van der Waals surface area contributed by atoms with Gasteiger partial charge in [-0.05, 0) is 118 Å². The van der Waals surface area contributed by atoms with Crippen LogP contribution >= 0.6 is 22.7 Å². The van der Waals surface area contributed by atoms with Crippen molar-refractivity contribution in [2.45, 2.75) is 0 Å². The van der Waals surface area contributed by atoms with Crippen LogP contribution in [-0.4, -0.2) is 9.13 Å². The van der Waals surface area contributed by atoms with Gasteiger partial charge < -0.3 is 9.13 Å². The van der Waals surface area contributed by atoms with Crippen LogP contribution in [0.1, 0.15) is 0 Å². The van der Waals surface area contributed by atoms with Crippen molar-refractivity contribution in [3.63, 3.8) is 0 Å². The van der Waals surface area contributed by atoms with Crippen LogP contribution < -0.4 is 0 Å². The molecule has 0 saturated carbocycles. The Balaban J connectivity index is 0.916. The number of rotatable bonds is 5. The van der Waals surface area contributed by atoms with E-state index in [2.05, 4.69) is 228 Å². The lowest BCUT2D eigenvalue weighted by atomic mass is 9.98. The molecule has 4 heterocycles. The molecular formula is C60H36N2S2. The molecular weight excluding hydrogens is 813 g/mol. The average molecular weight is 849 g/mol. The Bertz CT molecular complexity index is 4130. The van der Waals surface area contributed by atoms with Crippen LogP contribution in [0.15, 0.2) is 218 Å². The topological polar surface area (TPSA) is 9.86 Å². The monoisotopic (exact) mass is 848 g/mol. The second kappa shape index (κ2) is 13.9. The molecule has 64 heavy (non-hydrogen) atoms. The van der Waals surface area contributed by atoms with E-state index in [0.717, 1.165) is 5.69 Å². The molecule has 0 atom stereocenters. The SMILES string of the molecule is c1ccc(-c2cc(-c3ccccc3)cc(-n3c4ccccc4c4cc(-c5ccc6c(c5)c5ccccc5n6-c5ccc6c(c5)sc5ccc7sc8ccccc8c7c56)ccc43)c2)cc1. The molecule has 4 heteroatoms. The van der Waals surface area contributed by atoms with Crippen LogP contribution in [0.2, 0.25) is 0 Å². The highest BCUT2D eigenvalue weighted by atomic mass is 32.1. The van der Waals surface area contributed by atoms with Crippen molar-refractivity contribution in [3.05, 3.63) is 218 Å². The van der Waals surface area contributed by atoms with Crippen LogP contribution in [-0.2, 0) is 0 Å². The minimum atomic E-state index is 1.15. The molecule has 14 aromatic rings. The predicted molar refractivity (Wildman–Crippen MR) is 277 cm³/mol. The summed E-state index contributed by atoms with van der Waals surface area (Å²) in [7, 11) is 0. The zero-order valence-corrected chi connectivity index (χ0v) is 36.1. The van der Waals surface area contributed by atoms with E-state index in [1.165, 1.54) is 123 Å². The maximum absolute atomic E-state index is 2.46. The van der Waals surface area contributed by atoms with Gasteiger partial charge in [0.15, 0.2) is 0 Å². The fourth-order valence-electron chi connectivity index (χ4n) is 10.4. The van der Waals surface area contributed by atoms with Crippen molar-refractivity contribution in [1.29, 1.82) is 0 Å². The summed E-state index contributed by atoms with van der Waals surface area (Å²) in [5.41, 5.74) is 14.4. The molecule has 0 amide bonds. The first kappa shape index (κ1) is 35.8. The Morgan fingerprint density at radius 3 is 1.30 bits per heavy atom. The summed E-state index contributed by atoms with van der Waals surface area (Å²) >= 11 is 3.79. The molecule has 4 aromatic heterocycles. The number of nitrogens with zero attached hydrogens (tertiary/aromatic N) is 2. The van der Waals surface area contributed by atoms with E-state index in [-0.39, 0.29) is 0 Å². The van der Waals surface area contributed by atoms with E-state index in [9.17, 15) is 0 Å². The lowest BCUT2D eigenvalue weighted by Crippen LogP contribution is -1.96. The third kappa shape index (κ3) is 5.37. The van der Waals surface area contributed by atoms with Crippen molar-refractivity contribution in [2.75, 3.05) is 0 Å². The fourth-order valence-corrected chi connectivity index (χ4v) is 12.7. The minimum absolute atomic E-state index is 1.15. The zero-order chi connectivity index (χ0) is 41.9. The van der Waals surface area contributed by atoms with E-state index in [1.54, 1.807) is 0 Å². The van der Waals surface area contributed by atoms with Crippen molar-refractivity contribution in [3.8, 4) is 44.8 Å². The average Bonchev–Trinajstić information content (AvgIpc) is 4.11. The molecule has 0 bridgehead atoms. The first-order chi connectivity index (χ1) is 31.7. The largest absolute Gasteiger partial charge is 0.309 e. The Kier molecular flexibility index (Phi) is 7.76. The van der Waals surface area contributed by atoms with E-state index in [0.29, 0.717) is 0 Å². The van der Waals surface area contributed by atoms with Gasteiger partial charge >= 0.3 is 0 Å². The van der Waals surface area contributed by atoms with Crippen molar-refractivity contribution >= 4 is 107 Å². The smallest absolute Gasteiger partial charge is 0.0541 e. The molecule has 0 aliphatic carbocycles. The highest BCUT2D eigenvalue weighted by Crippen LogP contribution is 2.46. The Labute approximate surface area is 376 Å². The number of para-hydroxylation sites is 2. The summed E-state index contributed by atoms with van der Waals surface area (Å²) in [6, 6.07) is 80.8. The van der Waals surface area contributed by atoms with Gasteiger partial charge in [0.1, 0.15) is 0 Å². The van der Waals surface area contributed by atoms with Gasteiger partial charge in [-0.15, -0.1) is 22.7 Å². The summed E-state index contributed by atoms with van der Waals surface area (Å²) < 4.78 is 10.3. The molecule has 298 valence electrons. The molecule has 0 fully saturated rings. The van der Waals surface area contributed by atoms with Crippen LogP contribution in [0.25, 0.3) is 129 Å². The number of benzene rings is 10. The fraction of sp³-hybridized carbons (Fsp3) is 0. The quantitative estimate of drug-likeness (QED) is 0.163. The third-order valence-electron chi connectivity index (χ3n) is 13.3. The number of hydrogen-bond donors (Lipinski definition) is 0. The van der Waals surface area contributed by atoms with Crippen LogP contribution in [0.5, 0.6) is 0 Å². The van der Waals surface area contributed by atoms with Crippen LogP contribution in [0.3, 0.4) is 0 Å². The molecule has 14 rings (SSSR count). The van der Waals surface area contributed by atoms with Gasteiger partial charge in [0, 0.05) is 73.3 Å². The van der Waals surface area contributed by atoms with Gasteiger partial charge in [0.05, 0.1) is 22.1 Å². The Morgan fingerprint density at radius 2 is 0.703 bits per heavy atom. The number of aromatic nitrogens is 2. The zero-order valence-electron chi connectivity index (χ0n) is 34.5. The van der Waals surface area contributed by atoms with Crippen LogP contribution in [0, 0.1) is 0 Å².